The van der Waals surface area contributed by atoms with Gasteiger partial charge in [-0.15, -0.1) is 0 Å². The summed E-state index contributed by atoms with van der Waals surface area (Å²) in [5, 5.41) is 10.1. The fraction of sp³-hybridized carbons (Fsp3) is 0.182. The Morgan fingerprint density at radius 3 is 2.30 bits per heavy atom. The van der Waals surface area contributed by atoms with Gasteiger partial charge >= 0.3 is 0 Å². The van der Waals surface area contributed by atoms with E-state index in [2.05, 4.69) is 0 Å². The van der Waals surface area contributed by atoms with Crippen LogP contribution in [0.25, 0.3) is 22.3 Å². The summed E-state index contributed by atoms with van der Waals surface area (Å²) in [7, 11) is 1.59. The lowest BCUT2D eigenvalue weighted by molar-refractivity contribution is 0.171. The van der Waals surface area contributed by atoms with E-state index < -0.39 is 0 Å². The molecule has 0 radical (unpaired) electrons. The molecular weight excluding hydrogens is 364 g/mol. The van der Waals surface area contributed by atoms with Gasteiger partial charge in [-0.25, -0.2) is 0 Å². The smallest absolute Gasteiger partial charge is 0.161 e. The minimum Gasteiger partial charge on any atom is -0.496 e. The Labute approximate surface area is 162 Å². The average Bonchev–Trinajstić information content (AvgIpc) is 2.73. The normalized spacial score (nSPS) is 12.7. The molecule has 0 bridgehead atoms. The summed E-state index contributed by atoms with van der Waals surface area (Å²) < 4.78 is 16.7. The lowest BCUT2D eigenvalue weighted by atomic mass is 9.97. The van der Waals surface area contributed by atoms with Gasteiger partial charge in [0.25, 0.3) is 0 Å². The highest BCUT2D eigenvalue weighted by Gasteiger charge is 2.16. The zero-order valence-corrected chi connectivity index (χ0v) is 15.6. The zero-order valence-electron chi connectivity index (χ0n) is 14.9. The van der Waals surface area contributed by atoms with Crippen molar-refractivity contribution in [2.45, 2.75) is 6.61 Å². The topological polar surface area (TPSA) is 47.9 Å². The van der Waals surface area contributed by atoms with Gasteiger partial charge in [-0.3, -0.25) is 0 Å². The van der Waals surface area contributed by atoms with E-state index in [1.54, 1.807) is 7.11 Å². The molecule has 1 heterocycles. The van der Waals surface area contributed by atoms with Crippen LogP contribution in [0, 0.1) is 0 Å². The lowest BCUT2D eigenvalue weighted by Gasteiger charge is -2.19. The van der Waals surface area contributed by atoms with Crippen molar-refractivity contribution in [2.75, 3.05) is 20.3 Å². The molecule has 0 aromatic heterocycles. The zero-order chi connectivity index (χ0) is 18.8. The Morgan fingerprint density at radius 1 is 0.926 bits per heavy atom. The first kappa shape index (κ1) is 17.7. The Bertz CT molecular complexity index is 926. The van der Waals surface area contributed by atoms with Crippen LogP contribution in [-0.2, 0) is 6.61 Å². The molecule has 4 nitrogen and oxygen atoms in total. The minimum atomic E-state index is -0.0750. The van der Waals surface area contributed by atoms with Crippen molar-refractivity contribution in [1.29, 1.82) is 0 Å². The fourth-order valence-electron chi connectivity index (χ4n) is 3.23. The van der Waals surface area contributed by atoms with Gasteiger partial charge in [0.2, 0.25) is 0 Å². The maximum atomic E-state index is 9.43. The van der Waals surface area contributed by atoms with Crippen molar-refractivity contribution in [1.82, 2.24) is 0 Å². The minimum absolute atomic E-state index is 0.0750. The van der Waals surface area contributed by atoms with E-state index in [4.69, 9.17) is 25.8 Å². The molecular formula is C22H19ClO4. The summed E-state index contributed by atoms with van der Waals surface area (Å²) in [5.41, 5.74) is 4.43. The van der Waals surface area contributed by atoms with Crippen molar-refractivity contribution >= 4 is 11.6 Å². The number of halogens is 1. The Hall–Kier alpha value is -2.69. The lowest BCUT2D eigenvalue weighted by Crippen LogP contribution is -2.15. The summed E-state index contributed by atoms with van der Waals surface area (Å²) in [5.74, 6) is 2.12. The molecule has 3 aromatic carbocycles. The van der Waals surface area contributed by atoms with Crippen molar-refractivity contribution < 1.29 is 19.3 Å². The monoisotopic (exact) mass is 382 g/mol. The molecule has 0 saturated heterocycles. The number of rotatable bonds is 4. The van der Waals surface area contributed by atoms with E-state index in [0.717, 1.165) is 39.3 Å². The molecule has 0 unspecified atom stereocenters. The van der Waals surface area contributed by atoms with E-state index in [1.807, 2.05) is 54.6 Å². The molecule has 138 valence electrons. The molecule has 0 spiro atoms. The second-order valence-corrected chi connectivity index (χ2v) is 6.59. The number of aliphatic hydroxyl groups excluding tert-OH is 1. The number of aliphatic hydroxyl groups is 1. The fourth-order valence-corrected chi connectivity index (χ4v) is 3.58. The molecule has 1 N–H and O–H groups in total. The van der Waals surface area contributed by atoms with Gasteiger partial charge < -0.3 is 19.3 Å². The van der Waals surface area contributed by atoms with Crippen molar-refractivity contribution in [3.63, 3.8) is 0 Å². The highest BCUT2D eigenvalue weighted by atomic mass is 35.5. The first-order valence-corrected chi connectivity index (χ1v) is 9.05. The van der Waals surface area contributed by atoms with Crippen molar-refractivity contribution in [2.24, 2.45) is 0 Å². The molecule has 0 saturated carbocycles. The third-order valence-corrected chi connectivity index (χ3v) is 5.03. The third kappa shape index (κ3) is 3.34. The maximum absolute atomic E-state index is 9.43. The first-order chi connectivity index (χ1) is 13.2. The van der Waals surface area contributed by atoms with Gasteiger partial charge in [0.05, 0.1) is 18.7 Å². The highest BCUT2D eigenvalue weighted by molar-refractivity contribution is 6.36. The van der Waals surface area contributed by atoms with Crippen molar-refractivity contribution in [3.05, 3.63) is 65.2 Å². The van der Waals surface area contributed by atoms with Gasteiger partial charge in [0.15, 0.2) is 11.5 Å². The average molecular weight is 383 g/mol. The van der Waals surface area contributed by atoms with Crippen LogP contribution in [0.4, 0.5) is 0 Å². The predicted molar refractivity (Wildman–Crippen MR) is 106 cm³/mol. The number of hydrogen-bond acceptors (Lipinski definition) is 4. The number of benzene rings is 3. The second kappa shape index (κ2) is 7.51. The van der Waals surface area contributed by atoms with Crippen molar-refractivity contribution in [3.8, 4) is 39.5 Å². The summed E-state index contributed by atoms with van der Waals surface area (Å²) in [6.45, 7) is 1.03. The SMILES string of the molecule is COc1cc(-c2cccc(-c3ccc4c(c3)OCCO4)c2Cl)ccc1CO. The quantitative estimate of drug-likeness (QED) is 0.693. The van der Waals surface area contributed by atoms with Gasteiger partial charge in [-0.05, 0) is 29.3 Å². The molecule has 3 aromatic rings. The first-order valence-electron chi connectivity index (χ1n) is 8.68. The van der Waals surface area contributed by atoms with Crippen LogP contribution in [0.1, 0.15) is 5.56 Å². The number of hydrogen-bond donors (Lipinski definition) is 1. The number of ether oxygens (including phenoxy) is 3. The van der Waals surface area contributed by atoms with Gasteiger partial charge in [-0.2, -0.15) is 0 Å². The molecule has 0 aliphatic carbocycles. The Kier molecular flexibility index (Phi) is 4.92. The van der Waals surface area contributed by atoms with Crippen LogP contribution in [0.3, 0.4) is 0 Å². The molecule has 0 amide bonds. The molecule has 0 fully saturated rings. The van der Waals surface area contributed by atoms with Crippen LogP contribution in [-0.4, -0.2) is 25.4 Å². The second-order valence-electron chi connectivity index (χ2n) is 6.21. The van der Waals surface area contributed by atoms with E-state index in [-0.39, 0.29) is 6.61 Å². The van der Waals surface area contributed by atoms with E-state index in [1.165, 1.54) is 0 Å². The predicted octanol–water partition coefficient (Wildman–Crippen LogP) is 4.95. The standard InChI is InChI=1S/C22H19ClO4/c1-25-20-11-14(5-6-16(20)13-24)17-3-2-4-18(22(17)23)15-7-8-19-21(12-15)27-10-9-26-19/h2-8,11-12,24H,9-10,13H2,1H3. The number of fused-ring (bicyclic) bond motifs is 1. The van der Waals surface area contributed by atoms with E-state index in [0.29, 0.717) is 24.0 Å². The Balaban J connectivity index is 1.78. The highest BCUT2D eigenvalue weighted by Crippen LogP contribution is 2.41. The third-order valence-electron chi connectivity index (χ3n) is 4.62. The molecule has 0 atom stereocenters. The summed E-state index contributed by atoms with van der Waals surface area (Å²) in [4.78, 5) is 0. The Morgan fingerprint density at radius 2 is 1.59 bits per heavy atom. The van der Waals surface area contributed by atoms with Crippen LogP contribution >= 0.6 is 11.6 Å². The van der Waals surface area contributed by atoms with Crippen LogP contribution in [0.15, 0.2) is 54.6 Å². The van der Waals surface area contributed by atoms with Crippen LogP contribution < -0.4 is 14.2 Å². The molecule has 27 heavy (non-hydrogen) atoms. The van der Waals surface area contributed by atoms with Crippen LogP contribution in [0.2, 0.25) is 5.02 Å². The molecule has 5 heteroatoms. The van der Waals surface area contributed by atoms with Gasteiger partial charge in [0.1, 0.15) is 19.0 Å². The van der Waals surface area contributed by atoms with Crippen LogP contribution in [0.5, 0.6) is 17.2 Å². The van der Waals surface area contributed by atoms with E-state index in [9.17, 15) is 5.11 Å². The van der Waals surface area contributed by atoms with Gasteiger partial charge in [-0.1, -0.05) is 48.0 Å². The van der Waals surface area contributed by atoms with Gasteiger partial charge in [0, 0.05) is 16.7 Å². The summed E-state index contributed by atoms with van der Waals surface area (Å²) >= 11 is 6.77. The number of methoxy groups -OCH3 is 1. The largest absolute Gasteiger partial charge is 0.496 e. The summed E-state index contributed by atoms with van der Waals surface area (Å²) in [6.07, 6.45) is 0. The molecule has 1 aliphatic heterocycles. The molecule has 1 aliphatic rings. The molecule has 4 rings (SSSR count). The van der Waals surface area contributed by atoms with E-state index >= 15 is 0 Å². The maximum Gasteiger partial charge on any atom is 0.161 e. The summed E-state index contributed by atoms with van der Waals surface area (Å²) in [6, 6.07) is 17.4.